The Hall–Kier alpha value is -3.62. The zero-order chi connectivity index (χ0) is 19.6. The lowest BCUT2D eigenvalue weighted by molar-refractivity contribution is -0.384. The number of ether oxygens (including phenoxy) is 3. The molecule has 2 aromatic rings. The van der Waals surface area contributed by atoms with Gasteiger partial charge in [0.05, 0.1) is 16.2 Å². The summed E-state index contributed by atoms with van der Waals surface area (Å²) in [5.74, 6) is -0.272. The molecule has 0 unspecified atom stereocenters. The molecule has 0 radical (unpaired) electrons. The molecule has 9 heteroatoms. The lowest BCUT2D eigenvalue weighted by Crippen LogP contribution is -2.18. The van der Waals surface area contributed by atoms with Crippen LogP contribution >= 0.6 is 0 Å². The molecule has 0 aromatic heterocycles. The van der Waals surface area contributed by atoms with Crippen LogP contribution in [0.3, 0.4) is 0 Å². The van der Waals surface area contributed by atoms with Crippen LogP contribution in [0.25, 0.3) is 0 Å². The van der Waals surface area contributed by atoms with Gasteiger partial charge in [0, 0.05) is 31.8 Å². The molecule has 140 valence electrons. The quantitative estimate of drug-likeness (QED) is 0.329. The van der Waals surface area contributed by atoms with Crippen molar-refractivity contribution in [2.45, 2.75) is 0 Å². The van der Waals surface area contributed by atoms with Gasteiger partial charge in [0.2, 0.25) is 6.79 Å². The third-order valence-corrected chi connectivity index (χ3v) is 3.92. The predicted octanol–water partition coefficient (Wildman–Crippen LogP) is 2.43. The molecule has 0 saturated carbocycles. The summed E-state index contributed by atoms with van der Waals surface area (Å²) >= 11 is 0. The molecular weight excluding hydrogens is 356 g/mol. The number of esters is 1. The minimum atomic E-state index is -0.823. The lowest BCUT2D eigenvalue weighted by Gasteiger charge is -2.16. The largest absolute Gasteiger partial charge is 0.454 e. The molecule has 0 aliphatic carbocycles. The van der Waals surface area contributed by atoms with E-state index in [2.05, 4.69) is 0 Å². The van der Waals surface area contributed by atoms with Crippen molar-refractivity contribution >= 4 is 23.1 Å². The van der Waals surface area contributed by atoms with E-state index in [9.17, 15) is 19.7 Å². The van der Waals surface area contributed by atoms with E-state index in [-0.39, 0.29) is 18.0 Å². The van der Waals surface area contributed by atoms with Gasteiger partial charge in [-0.25, -0.2) is 4.79 Å². The zero-order valence-electron chi connectivity index (χ0n) is 14.6. The van der Waals surface area contributed by atoms with Crippen LogP contribution in [0.5, 0.6) is 11.5 Å². The number of hydrogen-bond acceptors (Lipinski definition) is 8. The number of fused-ring (bicyclic) bond motifs is 1. The van der Waals surface area contributed by atoms with Crippen LogP contribution in [-0.2, 0) is 4.74 Å². The molecule has 2 aromatic carbocycles. The van der Waals surface area contributed by atoms with Gasteiger partial charge in [-0.15, -0.1) is 0 Å². The fourth-order valence-corrected chi connectivity index (χ4v) is 2.55. The smallest absolute Gasteiger partial charge is 0.340 e. The molecule has 0 atom stereocenters. The van der Waals surface area contributed by atoms with Gasteiger partial charge in [-0.2, -0.15) is 0 Å². The SMILES string of the molecule is CN(C)c1ccc([N+](=O)[O-])cc1C(=O)OCC(=O)c1ccc2c(c1)OCO2. The van der Waals surface area contributed by atoms with Crippen molar-refractivity contribution in [3.63, 3.8) is 0 Å². The van der Waals surface area contributed by atoms with Crippen LogP contribution in [0.15, 0.2) is 36.4 Å². The highest BCUT2D eigenvalue weighted by molar-refractivity contribution is 6.01. The van der Waals surface area contributed by atoms with E-state index in [1.54, 1.807) is 31.1 Å². The van der Waals surface area contributed by atoms with Crippen LogP contribution in [0.4, 0.5) is 11.4 Å². The first kappa shape index (κ1) is 18.2. The van der Waals surface area contributed by atoms with Gasteiger partial charge in [0.25, 0.3) is 5.69 Å². The Kier molecular flexibility index (Phi) is 4.93. The summed E-state index contributed by atoms with van der Waals surface area (Å²) in [6.07, 6.45) is 0. The number of hydrogen-bond donors (Lipinski definition) is 0. The number of non-ortho nitro benzene ring substituents is 1. The summed E-state index contributed by atoms with van der Waals surface area (Å²) < 4.78 is 15.5. The van der Waals surface area contributed by atoms with E-state index in [4.69, 9.17) is 14.2 Å². The van der Waals surface area contributed by atoms with Gasteiger partial charge in [-0.3, -0.25) is 14.9 Å². The number of anilines is 1. The Morgan fingerprint density at radius 2 is 1.89 bits per heavy atom. The van der Waals surface area contributed by atoms with Crippen molar-refractivity contribution in [2.24, 2.45) is 0 Å². The van der Waals surface area contributed by atoms with Gasteiger partial charge in [0.15, 0.2) is 23.9 Å². The van der Waals surface area contributed by atoms with Crippen molar-refractivity contribution in [1.29, 1.82) is 0 Å². The molecular formula is C18H16N2O7. The van der Waals surface area contributed by atoms with Crippen molar-refractivity contribution in [2.75, 3.05) is 32.4 Å². The number of benzene rings is 2. The highest BCUT2D eigenvalue weighted by atomic mass is 16.7. The van der Waals surface area contributed by atoms with E-state index in [1.807, 2.05) is 0 Å². The third-order valence-electron chi connectivity index (χ3n) is 3.92. The molecule has 0 saturated heterocycles. The molecule has 1 aliphatic rings. The predicted molar refractivity (Wildman–Crippen MR) is 94.6 cm³/mol. The molecule has 1 aliphatic heterocycles. The van der Waals surface area contributed by atoms with Gasteiger partial charge in [-0.05, 0) is 24.3 Å². The maximum absolute atomic E-state index is 12.4. The van der Waals surface area contributed by atoms with E-state index in [1.165, 1.54) is 18.2 Å². The molecule has 9 nitrogen and oxygen atoms in total. The fraction of sp³-hybridized carbons (Fsp3) is 0.222. The topological polar surface area (TPSA) is 108 Å². The first-order chi connectivity index (χ1) is 12.9. The number of nitro groups is 1. The summed E-state index contributed by atoms with van der Waals surface area (Å²) in [7, 11) is 3.38. The zero-order valence-corrected chi connectivity index (χ0v) is 14.6. The summed E-state index contributed by atoms with van der Waals surface area (Å²) in [6, 6.07) is 8.53. The van der Waals surface area contributed by atoms with Crippen molar-refractivity contribution in [3.8, 4) is 11.5 Å². The number of carbonyl (C=O) groups excluding carboxylic acids is 2. The van der Waals surface area contributed by atoms with Crippen LogP contribution in [0, 0.1) is 10.1 Å². The number of Topliss-reactive ketones (excluding diaryl/α,β-unsaturated/α-hetero) is 1. The molecule has 0 N–H and O–H groups in total. The summed E-state index contributed by atoms with van der Waals surface area (Å²) in [4.78, 5) is 36.7. The average Bonchev–Trinajstić information content (AvgIpc) is 3.12. The summed E-state index contributed by atoms with van der Waals surface area (Å²) in [6.45, 7) is -0.421. The third kappa shape index (κ3) is 3.81. The molecule has 0 bridgehead atoms. The Labute approximate surface area is 154 Å². The first-order valence-corrected chi connectivity index (χ1v) is 7.92. The van der Waals surface area contributed by atoms with Crippen molar-refractivity contribution in [1.82, 2.24) is 0 Å². The molecule has 0 fully saturated rings. The van der Waals surface area contributed by atoms with Gasteiger partial charge in [0.1, 0.15) is 0 Å². The normalized spacial score (nSPS) is 11.8. The Bertz CT molecular complexity index is 924. The van der Waals surface area contributed by atoms with Crippen LogP contribution in [0.1, 0.15) is 20.7 Å². The van der Waals surface area contributed by atoms with E-state index >= 15 is 0 Å². The molecule has 1 heterocycles. The number of ketones is 1. The van der Waals surface area contributed by atoms with Crippen LogP contribution in [0.2, 0.25) is 0 Å². The maximum atomic E-state index is 12.4. The number of rotatable bonds is 6. The Morgan fingerprint density at radius 1 is 1.15 bits per heavy atom. The first-order valence-electron chi connectivity index (χ1n) is 7.92. The van der Waals surface area contributed by atoms with Gasteiger partial charge >= 0.3 is 5.97 Å². The van der Waals surface area contributed by atoms with E-state index in [0.717, 1.165) is 6.07 Å². The average molecular weight is 372 g/mol. The van der Waals surface area contributed by atoms with Gasteiger partial charge in [-0.1, -0.05) is 0 Å². The standard InChI is InChI=1S/C18H16N2O7/c1-19(2)14-5-4-12(20(23)24)8-13(14)18(22)25-9-15(21)11-3-6-16-17(7-11)27-10-26-16/h3-8H,9-10H2,1-2H3. The second kappa shape index (κ2) is 7.32. The molecule has 27 heavy (non-hydrogen) atoms. The van der Waals surface area contributed by atoms with E-state index < -0.39 is 23.3 Å². The summed E-state index contributed by atoms with van der Waals surface area (Å²) in [5, 5.41) is 11.0. The minimum Gasteiger partial charge on any atom is -0.454 e. The van der Waals surface area contributed by atoms with Gasteiger partial charge < -0.3 is 19.1 Å². The molecule has 0 amide bonds. The van der Waals surface area contributed by atoms with Crippen LogP contribution < -0.4 is 14.4 Å². The lowest BCUT2D eigenvalue weighted by atomic mass is 10.1. The summed E-state index contributed by atoms with van der Waals surface area (Å²) in [5.41, 5.74) is 0.516. The Morgan fingerprint density at radius 3 is 2.59 bits per heavy atom. The highest BCUT2D eigenvalue weighted by Crippen LogP contribution is 2.32. The Balaban J connectivity index is 1.74. The second-order valence-corrected chi connectivity index (χ2v) is 5.92. The van der Waals surface area contributed by atoms with Crippen LogP contribution in [-0.4, -0.2) is 44.2 Å². The van der Waals surface area contributed by atoms with Crippen molar-refractivity contribution in [3.05, 3.63) is 57.6 Å². The second-order valence-electron chi connectivity index (χ2n) is 5.92. The molecule has 0 spiro atoms. The highest BCUT2D eigenvalue weighted by Gasteiger charge is 2.21. The fourth-order valence-electron chi connectivity index (χ4n) is 2.55. The monoisotopic (exact) mass is 372 g/mol. The number of nitrogens with zero attached hydrogens (tertiary/aromatic N) is 2. The number of carbonyl (C=O) groups is 2. The maximum Gasteiger partial charge on any atom is 0.340 e. The van der Waals surface area contributed by atoms with Crippen molar-refractivity contribution < 1.29 is 28.7 Å². The molecule has 3 rings (SSSR count). The van der Waals surface area contributed by atoms with E-state index in [0.29, 0.717) is 22.7 Å². The minimum absolute atomic E-state index is 0.00712. The number of nitro benzene ring substituents is 1.